The number of aliphatic hydroxyl groups is 1. The average molecular weight is 398 g/mol. The highest BCUT2D eigenvalue weighted by Crippen LogP contribution is 2.32. The minimum Gasteiger partial charge on any atom is -0.489 e. The fourth-order valence-corrected chi connectivity index (χ4v) is 3.83. The molecule has 0 bridgehead atoms. The number of aryl methyl sites for hydroxylation is 1. The zero-order valence-electron chi connectivity index (χ0n) is 19.3. The molecule has 2 atom stereocenters. The molecule has 2 aromatic carbocycles. The number of nitrogens with zero attached hydrogens (tertiary/aromatic N) is 1. The first-order chi connectivity index (χ1) is 13.6. The maximum absolute atomic E-state index is 9.77. The van der Waals surface area contributed by atoms with E-state index in [0.717, 1.165) is 18.8 Å². The molecule has 0 saturated heterocycles. The van der Waals surface area contributed by atoms with Crippen LogP contribution in [0.25, 0.3) is 0 Å². The standard InChI is InChI=1S/C26H39NO2/c1-19(2)16-27(17-21(4)28)18-22(5)29-25-14-12-24(13-15-25)26(6,7)23-10-8-20(3)9-11-23/h8-15,19,21-22,28H,16-18H2,1-7H3. The molecule has 0 radical (unpaired) electrons. The van der Waals surface area contributed by atoms with Gasteiger partial charge in [0.1, 0.15) is 11.9 Å². The van der Waals surface area contributed by atoms with Crippen molar-refractivity contribution in [1.29, 1.82) is 0 Å². The normalized spacial score (nSPS) is 14.3. The summed E-state index contributed by atoms with van der Waals surface area (Å²) in [6, 6.07) is 17.3. The Hall–Kier alpha value is -1.84. The van der Waals surface area contributed by atoms with Gasteiger partial charge in [0.15, 0.2) is 0 Å². The van der Waals surface area contributed by atoms with Crippen LogP contribution in [0.3, 0.4) is 0 Å². The highest BCUT2D eigenvalue weighted by atomic mass is 16.5. The molecule has 0 aliphatic rings. The van der Waals surface area contributed by atoms with Gasteiger partial charge in [-0.05, 0) is 49.9 Å². The average Bonchev–Trinajstić information content (AvgIpc) is 2.61. The molecule has 29 heavy (non-hydrogen) atoms. The van der Waals surface area contributed by atoms with Crippen molar-refractivity contribution in [1.82, 2.24) is 4.90 Å². The molecule has 0 heterocycles. The quantitative estimate of drug-likeness (QED) is 0.580. The van der Waals surface area contributed by atoms with Crippen molar-refractivity contribution in [2.75, 3.05) is 19.6 Å². The molecular weight excluding hydrogens is 358 g/mol. The van der Waals surface area contributed by atoms with Crippen LogP contribution in [0.1, 0.15) is 58.2 Å². The number of aliphatic hydroxyl groups excluding tert-OH is 1. The molecule has 0 aliphatic carbocycles. The van der Waals surface area contributed by atoms with Crippen molar-refractivity contribution in [3.63, 3.8) is 0 Å². The first-order valence-electron chi connectivity index (χ1n) is 10.8. The van der Waals surface area contributed by atoms with Crippen LogP contribution in [0, 0.1) is 12.8 Å². The van der Waals surface area contributed by atoms with E-state index in [-0.39, 0.29) is 17.6 Å². The lowest BCUT2D eigenvalue weighted by Gasteiger charge is -2.29. The third kappa shape index (κ3) is 7.17. The van der Waals surface area contributed by atoms with Gasteiger partial charge in [-0.15, -0.1) is 0 Å². The summed E-state index contributed by atoms with van der Waals surface area (Å²) in [6.07, 6.45) is -0.271. The van der Waals surface area contributed by atoms with E-state index in [4.69, 9.17) is 4.74 Å². The molecule has 2 rings (SSSR count). The highest BCUT2D eigenvalue weighted by molar-refractivity contribution is 5.40. The summed E-state index contributed by atoms with van der Waals surface area (Å²) >= 11 is 0. The summed E-state index contributed by atoms with van der Waals surface area (Å²) < 4.78 is 6.17. The van der Waals surface area contributed by atoms with Crippen LogP contribution in [-0.2, 0) is 5.41 Å². The van der Waals surface area contributed by atoms with Crippen LogP contribution >= 0.6 is 0 Å². The van der Waals surface area contributed by atoms with Crippen molar-refractivity contribution in [2.24, 2.45) is 5.92 Å². The van der Waals surface area contributed by atoms with Crippen molar-refractivity contribution in [3.05, 3.63) is 65.2 Å². The number of hydrogen-bond acceptors (Lipinski definition) is 3. The topological polar surface area (TPSA) is 32.7 Å². The van der Waals surface area contributed by atoms with E-state index in [1.165, 1.54) is 16.7 Å². The highest BCUT2D eigenvalue weighted by Gasteiger charge is 2.23. The van der Waals surface area contributed by atoms with Gasteiger partial charge in [0.25, 0.3) is 0 Å². The lowest BCUT2D eigenvalue weighted by Crippen LogP contribution is -2.40. The zero-order valence-corrected chi connectivity index (χ0v) is 19.3. The molecule has 0 spiro atoms. The number of benzene rings is 2. The van der Waals surface area contributed by atoms with Crippen LogP contribution in [0.2, 0.25) is 0 Å². The number of rotatable bonds is 10. The summed E-state index contributed by atoms with van der Waals surface area (Å²) in [5.74, 6) is 1.45. The van der Waals surface area contributed by atoms with Gasteiger partial charge in [-0.3, -0.25) is 4.90 Å². The van der Waals surface area contributed by atoms with Crippen LogP contribution in [-0.4, -0.2) is 41.8 Å². The van der Waals surface area contributed by atoms with Gasteiger partial charge in [-0.1, -0.05) is 69.7 Å². The van der Waals surface area contributed by atoms with E-state index in [9.17, 15) is 5.11 Å². The minimum atomic E-state index is -0.329. The van der Waals surface area contributed by atoms with E-state index in [0.29, 0.717) is 12.5 Å². The summed E-state index contributed by atoms with van der Waals surface area (Å²) in [6.45, 7) is 17.4. The van der Waals surface area contributed by atoms with Crippen molar-refractivity contribution >= 4 is 0 Å². The van der Waals surface area contributed by atoms with E-state index in [1.54, 1.807) is 0 Å². The smallest absolute Gasteiger partial charge is 0.119 e. The third-order valence-corrected chi connectivity index (χ3v) is 5.35. The number of ether oxygens (including phenoxy) is 1. The Bertz CT molecular complexity index is 722. The molecular formula is C26H39NO2. The molecule has 1 N–H and O–H groups in total. The Morgan fingerprint density at radius 2 is 1.34 bits per heavy atom. The van der Waals surface area contributed by atoms with Gasteiger partial charge in [0.05, 0.1) is 6.10 Å². The molecule has 0 saturated carbocycles. The second-order valence-corrected chi connectivity index (χ2v) is 9.41. The molecule has 0 aromatic heterocycles. The largest absolute Gasteiger partial charge is 0.489 e. The first kappa shape index (κ1) is 23.4. The summed E-state index contributed by atoms with van der Waals surface area (Å²) in [7, 11) is 0. The van der Waals surface area contributed by atoms with Crippen molar-refractivity contribution < 1.29 is 9.84 Å². The lowest BCUT2D eigenvalue weighted by atomic mass is 9.78. The summed E-state index contributed by atoms with van der Waals surface area (Å²) in [5, 5.41) is 9.77. The molecule has 3 nitrogen and oxygen atoms in total. The Morgan fingerprint density at radius 1 is 0.828 bits per heavy atom. The molecule has 2 unspecified atom stereocenters. The Labute approximate surface area is 177 Å². The molecule has 160 valence electrons. The maximum atomic E-state index is 9.77. The molecule has 0 aliphatic heterocycles. The van der Waals surface area contributed by atoms with Crippen LogP contribution in [0.15, 0.2) is 48.5 Å². The fraction of sp³-hybridized carbons (Fsp3) is 0.538. The Kier molecular flexibility index (Phi) is 8.30. The third-order valence-electron chi connectivity index (χ3n) is 5.35. The van der Waals surface area contributed by atoms with E-state index in [2.05, 4.69) is 95.0 Å². The maximum Gasteiger partial charge on any atom is 0.119 e. The molecule has 0 fully saturated rings. The van der Waals surface area contributed by atoms with Gasteiger partial charge >= 0.3 is 0 Å². The van der Waals surface area contributed by atoms with Crippen LogP contribution in [0.4, 0.5) is 0 Å². The van der Waals surface area contributed by atoms with Gasteiger partial charge in [-0.2, -0.15) is 0 Å². The summed E-state index contributed by atoms with van der Waals surface area (Å²) in [5.41, 5.74) is 3.82. The summed E-state index contributed by atoms with van der Waals surface area (Å²) in [4.78, 5) is 2.29. The van der Waals surface area contributed by atoms with Crippen LogP contribution < -0.4 is 4.74 Å². The second kappa shape index (κ2) is 10.3. The van der Waals surface area contributed by atoms with Gasteiger partial charge < -0.3 is 9.84 Å². The fourth-order valence-electron chi connectivity index (χ4n) is 3.83. The Balaban J connectivity index is 2.02. The lowest BCUT2D eigenvalue weighted by molar-refractivity contribution is 0.0854. The molecule has 0 amide bonds. The monoisotopic (exact) mass is 397 g/mol. The minimum absolute atomic E-state index is 0.0524. The van der Waals surface area contributed by atoms with Crippen molar-refractivity contribution in [2.45, 2.75) is 66.1 Å². The molecule has 2 aromatic rings. The van der Waals surface area contributed by atoms with Crippen LogP contribution in [0.5, 0.6) is 5.75 Å². The second-order valence-electron chi connectivity index (χ2n) is 9.41. The van der Waals surface area contributed by atoms with E-state index < -0.39 is 0 Å². The van der Waals surface area contributed by atoms with Gasteiger partial charge in [0, 0.05) is 25.0 Å². The van der Waals surface area contributed by atoms with E-state index >= 15 is 0 Å². The Morgan fingerprint density at radius 3 is 1.83 bits per heavy atom. The molecule has 3 heteroatoms. The first-order valence-corrected chi connectivity index (χ1v) is 10.8. The number of hydrogen-bond donors (Lipinski definition) is 1. The van der Waals surface area contributed by atoms with E-state index in [1.807, 2.05) is 6.92 Å². The predicted molar refractivity (Wildman–Crippen MR) is 123 cm³/mol. The zero-order chi connectivity index (χ0) is 21.6. The predicted octanol–water partition coefficient (Wildman–Crippen LogP) is 5.43. The van der Waals surface area contributed by atoms with Gasteiger partial charge in [-0.25, -0.2) is 0 Å². The SMILES string of the molecule is Cc1ccc(C(C)(C)c2ccc(OC(C)CN(CC(C)C)CC(C)O)cc2)cc1. The van der Waals surface area contributed by atoms with Crippen molar-refractivity contribution in [3.8, 4) is 5.75 Å². The van der Waals surface area contributed by atoms with Gasteiger partial charge in [0.2, 0.25) is 0 Å².